The van der Waals surface area contributed by atoms with E-state index in [0.29, 0.717) is 30.2 Å². The first-order valence-electron chi connectivity index (χ1n) is 11.3. The average Bonchev–Trinajstić information content (AvgIpc) is 3.33. The summed E-state index contributed by atoms with van der Waals surface area (Å²) in [4.78, 5) is 27.7. The van der Waals surface area contributed by atoms with Gasteiger partial charge in [-0.1, -0.05) is 23.7 Å². The number of sulfonamides is 1. The Morgan fingerprint density at radius 1 is 1.06 bits per heavy atom. The van der Waals surface area contributed by atoms with Gasteiger partial charge in [-0.3, -0.25) is 14.3 Å². The van der Waals surface area contributed by atoms with Gasteiger partial charge < -0.3 is 9.47 Å². The molecule has 1 fully saturated rings. The summed E-state index contributed by atoms with van der Waals surface area (Å²) in [6, 6.07) is 14.5. The van der Waals surface area contributed by atoms with Crippen molar-refractivity contribution in [3.05, 3.63) is 81.2 Å². The molecule has 12 heteroatoms. The largest absolute Gasteiger partial charge is 0.338 e. The van der Waals surface area contributed by atoms with Crippen molar-refractivity contribution in [2.45, 2.75) is 23.8 Å². The number of benzene rings is 2. The molecule has 2 aliphatic heterocycles. The molecule has 9 nitrogen and oxygen atoms in total. The van der Waals surface area contributed by atoms with Gasteiger partial charge in [0.2, 0.25) is 0 Å². The van der Waals surface area contributed by atoms with Crippen LogP contribution in [0.1, 0.15) is 28.4 Å². The molecule has 0 aliphatic carbocycles. The molecule has 0 spiro atoms. The van der Waals surface area contributed by atoms with Crippen LogP contribution in [0.3, 0.4) is 0 Å². The molecule has 2 aliphatic rings. The van der Waals surface area contributed by atoms with Gasteiger partial charge in [-0.25, -0.2) is 8.42 Å². The van der Waals surface area contributed by atoms with Gasteiger partial charge in [0.15, 0.2) is 0 Å². The number of nitrogens with one attached hydrogen (secondary N) is 1. The van der Waals surface area contributed by atoms with Crippen LogP contribution >= 0.6 is 23.3 Å². The first-order chi connectivity index (χ1) is 17.3. The van der Waals surface area contributed by atoms with E-state index in [1.165, 1.54) is 18.2 Å². The fourth-order valence-electron chi connectivity index (χ4n) is 5.22. The summed E-state index contributed by atoms with van der Waals surface area (Å²) in [7, 11) is -4.09. The molecular weight excluding hydrogens is 522 g/mol. The van der Waals surface area contributed by atoms with Crippen molar-refractivity contribution in [3.63, 3.8) is 0 Å². The first kappa shape index (κ1) is 23.1. The third-order valence-corrected chi connectivity index (χ3v) is 8.94. The second kappa shape index (κ2) is 8.68. The number of fused-ring (bicyclic) bond motifs is 5. The number of carbonyl (C=O) groups is 1. The number of piperidine rings is 1. The van der Waals surface area contributed by atoms with Crippen LogP contribution in [0, 0.1) is 5.92 Å². The predicted octanol–water partition coefficient (Wildman–Crippen LogP) is 3.57. The Balaban J connectivity index is 1.33. The maximum absolute atomic E-state index is 13.7. The van der Waals surface area contributed by atoms with Gasteiger partial charge in [0.1, 0.15) is 15.9 Å². The van der Waals surface area contributed by atoms with Gasteiger partial charge in [-0.15, -0.1) is 0 Å². The molecule has 2 bridgehead atoms. The van der Waals surface area contributed by atoms with Crippen LogP contribution in [0.5, 0.6) is 0 Å². The second-order valence-electron chi connectivity index (χ2n) is 9.09. The summed E-state index contributed by atoms with van der Waals surface area (Å²) in [6.45, 7) is 1.48. The average molecular weight is 542 g/mol. The Hall–Kier alpha value is -3.28. The Bertz CT molecular complexity index is 1680. The summed E-state index contributed by atoms with van der Waals surface area (Å²) in [5, 5.41) is 0.293. The van der Waals surface area contributed by atoms with E-state index in [9.17, 15) is 18.0 Å². The number of nitrogens with zero attached hydrogens (tertiary/aromatic N) is 4. The molecule has 2 atom stereocenters. The van der Waals surface area contributed by atoms with Gasteiger partial charge in [0, 0.05) is 42.3 Å². The van der Waals surface area contributed by atoms with Crippen molar-refractivity contribution in [2.75, 3.05) is 17.8 Å². The smallest absolute Gasteiger partial charge is 0.264 e. The van der Waals surface area contributed by atoms with Crippen molar-refractivity contribution in [3.8, 4) is 0 Å². The molecule has 1 N–H and O–H groups in total. The van der Waals surface area contributed by atoms with Gasteiger partial charge in [0.05, 0.1) is 23.0 Å². The Labute approximate surface area is 215 Å². The minimum atomic E-state index is -4.09. The van der Waals surface area contributed by atoms with E-state index in [-0.39, 0.29) is 45.0 Å². The van der Waals surface area contributed by atoms with Crippen molar-refractivity contribution in [2.24, 2.45) is 5.92 Å². The second-order valence-corrected chi connectivity index (χ2v) is 11.7. The van der Waals surface area contributed by atoms with Crippen molar-refractivity contribution >= 4 is 56.0 Å². The molecular formula is C24H20ClN5O4S2. The van der Waals surface area contributed by atoms with Gasteiger partial charge in [0.25, 0.3) is 21.5 Å². The molecule has 1 amide bonds. The molecule has 36 heavy (non-hydrogen) atoms. The lowest BCUT2D eigenvalue weighted by molar-refractivity contribution is 0.0595. The lowest BCUT2D eigenvalue weighted by atomic mass is 9.83. The molecule has 6 rings (SSSR count). The van der Waals surface area contributed by atoms with Crippen LogP contribution in [0.4, 0.5) is 5.69 Å². The highest BCUT2D eigenvalue weighted by Crippen LogP contribution is 2.36. The number of rotatable bonds is 4. The lowest BCUT2D eigenvalue weighted by Gasteiger charge is -2.42. The summed E-state index contributed by atoms with van der Waals surface area (Å²) < 4.78 is 39.2. The Morgan fingerprint density at radius 3 is 2.75 bits per heavy atom. The van der Waals surface area contributed by atoms with Gasteiger partial charge >= 0.3 is 0 Å². The van der Waals surface area contributed by atoms with Crippen molar-refractivity contribution in [1.82, 2.24) is 18.2 Å². The van der Waals surface area contributed by atoms with E-state index in [1.807, 2.05) is 6.07 Å². The summed E-state index contributed by atoms with van der Waals surface area (Å²) in [5.74, 6) is -0.112. The molecule has 1 saturated heterocycles. The SMILES string of the molecule is O=C(c1ccc(Cl)cc1NS(=O)(=O)c1cccc2nsnc12)N1C[C@@H]2C[C@H](C1)c1cccc(=O)n1C2. The zero-order valence-corrected chi connectivity index (χ0v) is 21.2. The number of pyridine rings is 1. The Morgan fingerprint density at radius 2 is 1.89 bits per heavy atom. The van der Waals surface area contributed by atoms with E-state index in [2.05, 4.69) is 13.5 Å². The molecule has 184 valence electrons. The maximum Gasteiger partial charge on any atom is 0.264 e. The van der Waals surface area contributed by atoms with Crippen LogP contribution in [0.15, 0.2) is 64.3 Å². The van der Waals surface area contributed by atoms with Crippen LogP contribution in [-0.2, 0) is 16.6 Å². The van der Waals surface area contributed by atoms with Crippen molar-refractivity contribution in [1.29, 1.82) is 0 Å². The Kier molecular flexibility index (Phi) is 5.58. The predicted molar refractivity (Wildman–Crippen MR) is 137 cm³/mol. The minimum absolute atomic E-state index is 0.0262. The molecule has 4 heterocycles. The zero-order valence-electron chi connectivity index (χ0n) is 18.8. The number of amides is 1. The highest BCUT2D eigenvalue weighted by Gasteiger charge is 2.37. The van der Waals surface area contributed by atoms with Gasteiger partial charge in [-0.05, 0) is 48.7 Å². The number of anilines is 1. The molecule has 0 unspecified atom stereocenters. The normalized spacial score (nSPS) is 19.2. The molecule has 2 aromatic carbocycles. The third-order valence-electron chi connectivity index (χ3n) is 6.76. The standard InChI is InChI=1S/C24H20ClN5O4S2/c25-16-7-8-17(19(10-16)28-36(33,34)21-5-1-3-18-23(21)27-35-26-18)24(32)29-11-14-9-15(13-29)20-4-2-6-22(31)30(20)12-14/h1-8,10,14-15,28H,9,11-13H2/t14-,15+/m0/s1. The topological polar surface area (TPSA) is 114 Å². The van der Waals surface area contributed by atoms with E-state index in [4.69, 9.17) is 11.6 Å². The van der Waals surface area contributed by atoms with Crippen LogP contribution in [-0.4, -0.2) is 45.6 Å². The number of halogens is 1. The van der Waals surface area contributed by atoms with Crippen LogP contribution < -0.4 is 10.3 Å². The number of likely N-dealkylation sites (tertiary alicyclic amines) is 1. The maximum atomic E-state index is 13.7. The highest BCUT2D eigenvalue weighted by atomic mass is 35.5. The minimum Gasteiger partial charge on any atom is -0.338 e. The number of hydrogen-bond donors (Lipinski definition) is 1. The molecule has 4 aromatic rings. The molecule has 2 aromatic heterocycles. The molecule has 0 radical (unpaired) electrons. The summed E-state index contributed by atoms with van der Waals surface area (Å²) in [6.07, 6.45) is 0.902. The van der Waals surface area contributed by atoms with E-state index < -0.39 is 10.0 Å². The summed E-state index contributed by atoms with van der Waals surface area (Å²) in [5.41, 5.74) is 1.95. The fraction of sp³-hybridized carbons (Fsp3) is 0.250. The van der Waals surface area contributed by atoms with Crippen molar-refractivity contribution < 1.29 is 13.2 Å². The monoisotopic (exact) mass is 541 g/mol. The number of carbonyl (C=O) groups excluding carboxylic acids is 1. The first-order valence-corrected chi connectivity index (χ1v) is 13.9. The lowest BCUT2D eigenvalue weighted by Crippen LogP contribution is -2.49. The highest BCUT2D eigenvalue weighted by molar-refractivity contribution is 7.93. The quantitative estimate of drug-likeness (QED) is 0.422. The number of hydrogen-bond acceptors (Lipinski definition) is 7. The van der Waals surface area contributed by atoms with E-state index in [0.717, 1.165) is 23.8 Å². The van der Waals surface area contributed by atoms with Gasteiger partial charge in [-0.2, -0.15) is 8.75 Å². The summed E-state index contributed by atoms with van der Waals surface area (Å²) >= 11 is 7.12. The van der Waals surface area contributed by atoms with Crippen LogP contribution in [0.2, 0.25) is 5.02 Å². The third kappa shape index (κ3) is 3.97. The zero-order chi connectivity index (χ0) is 25.0. The fourth-order valence-corrected chi connectivity index (χ4v) is 7.23. The van der Waals surface area contributed by atoms with E-state index >= 15 is 0 Å². The van der Waals surface area contributed by atoms with E-state index in [1.54, 1.807) is 39.8 Å². The molecule has 0 saturated carbocycles. The van der Waals surface area contributed by atoms with Crippen LogP contribution in [0.25, 0.3) is 11.0 Å². The number of aromatic nitrogens is 3.